The van der Waals surface area contributed by atoms with Gasteiger partial charge < -0.3 is 14.2 Å². The van der Waals surface area contributed by atoms with Gasteiger partial charge in [0.2, 0.25) is 0 Å². The summed E-state index contributed by atoms with van der Waals surface area (Å²) in [5.74, 6) is -0.880. The minimum Gasteiger partial charge on any atom is -0.462 e. The molecule has 0 fully saturated rings. The van der Waals surface area contributed by atoms with Gasteiger partial charge in [-0.3, -0.25) is 14.4 Å². The predicted octanol–water partition coefficient (Wildman–Crippen LogP) is 16.6. The predicted molar refractivity (Wildman–Crippen MR) is 247 cm³/mol. The highest BCUT2D eigenvalue weighted by atomic mass is 16.6. The molecule has 1 unspecified atom stereocenters. The monoisotopic (exact) mass is 819 g/mol. The molecule has 0 bridgehead atoms. The standard InChI is InChI=1S/C52H98O6/c1-4-7-10-13-15-17-19-21-22-23-24-25-26-27-28-29-31-32-34-36-39-42-45-51(54)57-48-49(47-56-50(53)44-41-38-12-9-6-3)58-52(55)46-43-40-37-35-33-30-20-18-16-14-11-8-5-2/h18,20,49H,4-17,19,21-48H2,1-3H3/b20-18-. The van der Waals surface area contributed by atoms with Gasteiger partial charge in [-0.2, -0.15) is 0 Å². The average Bonchev–Trinajstić information content (AvgIpc) is 3.22. The minimum absolute atomic E-state index is 0.0697. The fraction of sp³-hybridized carbons (Fsp3) is 0.904. The summed E-state index contributed by atoms with van der Waals surface area (Å²) in [5.41, 5.74) is 0. The van der Waals surface area contributed by atoms with E-state index in [2.05, 4.69) is 32.9 Å². The summed E-state index contributed by atoms with van der Waals surface area (Å²) >= 11 is 0. The normalized spacial score (nSPS) is 12.0. The van der Waals surface area contributed by atoms with Crippen molar-refractivity contribution in [3.63, 3.8) is 0 Å². The van der Waals surface area contributed by atoms with Crippen LogP contribution in [0.15, 0.2) is 12.2 Å². The van der Waals surface area contributed by atoms with Crippen LogP contribution in [0.2, 0.25) is 0 Å². The lowest BCUT2D eigenvalue weighted by molar-refractivity contribution is -0.167. The van der Waals surface area contributed by atoms with Crippen molar-refractivity contribution < 1.29 is 28.6 Å². The van der Waals surface area contributed by atoms with E-state index in [9.17, 15) is 14.4 Å². The van der Waals surface area contributed by atoms with Crippen molar-refractivity contribution in [2.24, 2.45) is 0 Å². The second-order valence-electron chi connectivity index (χ2n) is 17.4. The van der Waals surface area contributed by atoms with Gasteiger partial charge in [0.15, 0.2) is 6.10 Å². The van der Waals surface area contributed by atoms with E-state index < -0.39 is 6.10 Å². The first-order chi connectivity index (χ1) is 28.5. The first-order valence-corrected chi connectivity index (χ1v) is 25.7. The molecule has 58 heavy (non-hydrogen) atoms. The van der Waals surface area contributed by atoms with Crippen molar-refractivity contribution in [2.75, 3.05) is 13.2 Å². The molecule has 0 aliphatic heterocycles. The first kappa shape index (κ1) is 56.1. The topological polar surface area (TPSA) is 78.9 Å². The molecule has 0 saturated carbocycles. The Hall–Kier alpha value is -1.85. The van der Waals surface area contributed by atoms with Crippen molar-refractivity contribution >= 4 is 17.9 Å². The van der Waals surface area contributed by atoms with Gasteiger partial charge in [0.05, 0.1) is 0 Å². The average molecular weight is 819 g/mol. The van der Waals surface area contributed by atoms with Crippen molar-refractivity contribution in [3.05, 3.63) is 12.2 Å². The molecule has 6 heteroatoms. The Morgan fingerprint density at radius 3 is 0.879 bits per heavy atom. The van der Waals surface area contributed by atoms with E-state index in [-0.39, 0.29) is 31.1 Å². The summed E-state index contributed by atoms with van der Waals surface area (Å²) < 4.78 is 16.6. The summed E-state index contributed by atoms with van der Waals surface area (Å²) in [4.78, 5) is 37.6. The second-order valence-corrected chi connectivity index (χ2v) is 17.4. The van der Waals surface area contributed by atoms with Crippen LogP contribution < -0.4 is 0 Å². The zero-order valence-electron chi connectivity index (χ0n) is 39.1. The van der Waals surface area contributed by atoms with Gasteiger partial charge in [0.1, 0.15) is 13.2 Å². The summed E-state index contributed by atoms with van der Waals surface area (Å²) in [5, 5.41) is 0. The van der Waals surface area contributed by atoms with Gasteiger partial charge in [-0.25, -0.2) is 0 Å². The Morgan fingerprint density at radius 1 is 0.328 bits per heavy atom. The molecule has 0 aromatic heterocycles. The lowest BCUT2D eigenvalue weighted by Gasteiger charge is -2.18. The number of esters is 3. The molecule has 0 amide bonds. The Bertz CT molecular complexity index is 900. The first-order valence-electron chi connectivity index (χ1n) is 25.7. The maximum atomic E-state index is 12.7. The molecule has 0 N–H and O–H groups in total. The molecule has 0 radical (unpaired) electrons. The van der Waals surface area contributed by atoms with Gasteiger partial charge in [-0.05, 0) is 44.9 Å². The lowest BCUT2D eigenvalue weighted by atomic mass is 10.0. The van der Waals surface area contributed by atoms with E-state index in [1.54, 1.807) is 0 Å². The van der Waals surface area contributed by atoms with Crippen molar-refractivity contribution in [1.29, 1.82) is 0 Å². The Morgan fingerprint density at radius 2 is 0.569 bits per heavy atom. The molecule has 6 nitrogen and oxygen atoms in total. The highest BCUT2D eigenvalue weighted by Crippen LogP contribution is 2.16. The number of carbonyl (C=O) groups excluding carboxylic acids is 3. The minimum atomic E-state index is -0.765. The van der Waals surface area contributed by atoms with Crippen molar-refractivity contribution in [1.82, 2.24) is 0 Å². The number of rotatable bonds is 47. The SMILES string of the molecule is CCCCCC/C=C\CCCCCCCC(=O)OC(COC(=O)CCCCCCC)COC(=O)CCCCCCCCCCCCCCCCCCCCCCCC. The smallest absolute Gasteiger partial charge is 0.306 e. The van der Waals surface area contributed by atoms with E-state index >= 15 is 0 Å². The highest BCUT2D eigenvalue weighted by Gasteiger charge is 2.19. The third-order valence-corrected chi connectivity index (χ3v) is 11.5. The third kappa shape index (κ3) is 45.2. The molecule has 0 saturated heterocycles. The van der Waals surface area contributed by atoms with Gasteiger partial charge in [-0.15, -0.1) is 0 Å². The van der Waals surface area contributed by atoms with E-state index in [4.69, 9.17) is 14.2 Å². The van der Waals surface area contributed by atoms with Crippen LogP contribution in [0.3, 0.4) is 0 Å². The number of hydrogen-bond donors (Lipinski definition) is 0. The van der Waals surface area contributed by atoms with Crippen molar-refractivity contribution in [2.45, 2.75) is 290 Å². The zero-order chi connectivity index (χ0) is 42.3. The van der Waals surface area contributed by atoms with Crippen LogP contribution >= 0.6 is 0 Å². The molecule has 0 aromatic rings. The molecule has 0 aliphatic carbocycles. The van der Waals surface area contributed by atoms with Crippen LogP contribution in [0.25, 0.3) is 0 Å². The zero-order valence-corrected chi connectivity index (χ0v) is 39.1. The fourth-order valence-corrected chi connectivity index (χ4v) is 7.61. The summed E-state index contributed by atoms with van der Waals surface area (Å²) in [7, 11) is 0. The number of unbranched alkanes of at least 4 members (excludes halogenated alkanes) is 34. The number of carbonyl (C=O) groups is 3. The number of ether oxygens (including phenoxy) is 3. The van der Waals surface area contributed by atoms with E-state index in [0.29, 0.717) is 19.3 Å². The quantitative estimate of drug-likeness (QED) is 0.0263. The van der Waals surface area contributed by atoms with E-state index in [0.717, 1.165) is 70.6 Å². The number of hydrogen-bond acceptors (Lipinski definition) is 6. The van der Waals surface area contributed by atoms with Gasteiger partial charge >= 0.3 is 17.9 Å². The van der Waals surface area contributed by atoms with Crippen LogP contribution in [0.4, 0.5) is 0 Å². The van der Waals surface area contributed by atoms with Crippen LogP contribution in [-0.4, -0.2) is 37.2 Å². The molecule has 0 aromatic carbocycles. The maximum absolute atomic E-state index is 12.7. The summed E-state index contributed by atoms with van der Waals surface area (Å²) in [6.45, 7) is 6.56. The third-order valence-electron chi connectivity index (χ3n) is 11.5. The van der Waals surface area contributed by atoms with Crippen molar-refractivity contribution in [3.8, 4) is 0 Å². The molecule has 0 rings (SSSR count). The Balaban J connectivity index is 4.05. The number of allylic oxidation sites excluding steroid dienone is 2. The maximum Gasteiger partial charge on any atom is 0.306 e. The van der Waals surface area contributed by atoms with Gasteiger partial charge in [0.25, 0.3) is 0 Å². The second kappa shape index (κ2) is 47.8. The Labute approximate surface area is 360 Å². The molecule has 1 atom stereocenters. The molecule has 0 spiro atoms. The molecule has 0 heterocycles. The van der Waals surface area contributed by atoms with E-state index in [1.807, 2.05) is 0 Å². The molecule has 342 valence electrons. The van der Waals surface area contributed by atoms with Crippen LogP contribution in [0.5, 0.6) is 0 Å². The lowest BCUT2D eigenvalue weighted by Crippen LogP contribution is -2.30. The summed E-state index contributed by atoms with van der Waals surface area (Å²) in [6.07, 6.45) is 52.4. The Kier molecular flexibility index (Phi) is 46.3. The van der Waals surface area contributed by atoms with Gasteiger partial charge in [-0.1, -0.05) is 232 Å². The van der Waals surface area contributed by atoms with E-state index in [1.165, 1.54) is 173 Å². The molecular formula is C52H98O6. The van der Waals surface area contributed by atoms with Crippen LogP contribution in [0.1, 0.15) is 284 Å². The molecule has 0 aliphatic rings. The van der Waals surface area contributed by atoms with Gasteiger partial charge in [0, 0.05) is 19.3 Å². The summed E-state index contributed by atoms with van der Waals surface area (Å²) in [6, 6.07) is 0. The largest absolute Gasteiger partial charge is 0.462 e. The fourth-order valence-electron chi connectivity index (χ4n) is 7.61. The van der Waals surface area contributed by atoms with Crippen LogP contribution in [0, 0.1) is 0 Å². The van der Waals surface area contributed by atoms with Crippen LogP contribution in [-0.2, 0) is 28.6 Å². The highest BCUT2D eigenvalue weighted by molar-refractivity contribution is 5.71. The molecular weight excluding hydrogens is 721 g/mol.